The number of hydrogen-bond donors (Lipinski definition) is 2. The molecular formula is C11H21NO3. The number of carbonyl (C=O) groups is 1. The van der Waals surface area contributed by atoms with Gasteiger partial charge in [0.2, 0.25) is 0 Å². The quantitative estimate of drug-likeness (QED) is 0.670. The number of nitrogens with one attached hydrogen (secondary N) is 1. The molecule has 1 rings (SSSR count). The van der Waals surface area contributed by atoms with Crippen molar-refractivity contribution in [2.45, 2.75) is 58.0 Å². The van der Waals surface area contributed by atoms with Crippen LogP contribution < -0.4 is 5.06 Å². The summed E-state index contributed by atoms with van der Waals surface area (Å²) in [4.78, 5) is 10.7. The summed E-state index contributed by atoms with van der Waals surface area (Å²) in [5.41, 5.74) is -0.746. The number of piperidine rings is 1. The highest BCUT2D eigenvalue weighted by Gasteiger charge is 2.45. The van der Waals surface area contributed by atoms with Gasteiger partial charge >= 0.3 is 5.97 Å². The van der Waals surface area contributed by atoms with Crippen LogP contribution in [0.3, 0.4) is 0 Å². The molecule has 0 aromatic carbocycles. The van der Waals surface area contributed by atoms with Crippen LogP contribution in [0.25, 0.3) is 0 Å². The molecule has 4 heteroatoms. The van der Waals surface area contributed by atoms with Crippen molar-refractivity contribution in [2.24, 2.45) is 5.92 Å². The number of hydroxylamine groups is 2. The molecule has 0 aromatic rings. The molecule has 2 N–H and O–H groups in total. The second-order valence-electron chi connectivity index (χ2n) is 5.97. The predicted octanol–water partition coefficient (Wildman–Crippen LogP) is 0.811. The fourth-order valence-corrected chi connectivity index (χ4v) is 3.01. The fraction of sp³-hybridized carbons (Fsp3) is 0.909. The molecule has 1 fully saturated rings. The zero-order valence-electron chi connectivity index (χ0n) is 9.96. The van der Waals surface area contributed by atoms with Crippen LogP contribution in [0.15, 0.2) is 0 Å². The molecule has 0 atom stereocenters. The number of carboxylic acids is 1. The van der Waals surface area contributed by atoms with E-state index in [1.807, 2.05) is 27.7 Å². The Morgan fingerprint density at radius 1 is 1.33 bits per heavy atom. The van der Waals surface area contributed by atoms with E-state index in [0.717, 1.165) is 0 Å². The van der Waals surface area contributed by atoms with E-state index < -0.39 is 5.97 Å². The summed E-state index contributed by atoms with van der Waals surface area (Å²) < 4.78 is 0. The molecule has 0 saturated carbocycles. The Morgan fingerprint density at radius 2 is 1.73 bits per heavy atom. The van der Waals surface area contributed by atoms with Crippen LogP contribution in [0.1, 0.15) is 47.0 Å². The SMILES string of the molecule is CC1(C)CC(CC(=O)O)CC(C)(C)[NH+]1[O-]. The Hall–Kier alpha value is -0.610. The van der Waals surface area contributed by atoms with Crippen LogP contribution in [0, 0.1) is 11.1 Å². The summed E-state index contributed by atoms with van der Waals surface area (Å²) in [5.74, 6) is -0.633. The van der Waals surface area contributed by atoms with Gasteiger partial charge in [-0.25, -0.2) is 0 Å². The van der Waals surface area contributed by atoms with E-state index in [1.54, 1.807) is 0 Å². The molecule has 0 radical (unpaired) electrons. The minimum Gasteiger partial charge on any atom is -0.634 e. The average Bonchev–Trinajstić information content (AvgIpc) is 1.97. The zero-order chi connectivity index (χ0) is 11.9. The van der Waals surface area contributed by atoms with E-state index in [-0.39, 0.29) is 28.5 Å². The van der Waals surface area contributed by atoms with E-state index in [9.17, 15) is 10.0 Å². The highest BCUT2D eigenvalue weighted by atomic mass is 16.5. The van der Waals surface area contributed by atoms with E-state index in [0.29, 0.717) is 12.8 Å². The highest BCUT2D eigenvalue weighted by molar-refractivity contribution is 5.67. The predicted molar refractivity (Wildman–Crippen MR) is 57.5 cm³/mol. The maximum atomic E-state index is 12.1. The molecule has 1 saturated heterocycles. The molecule has 15 heavy (non-hydrogen) atoms. The normalized spacial score (nSPS) is 33.7. The first kappa shape index (κ1) is 12.5. The summed E-state index contributed by atoms with van der Waals surface area (Å²) in [5, 5.41) is 21.1. The van der Waals surface area contributed by atoms with Crippen molar-refractivity contribution in [1.29, 1.82) is 0 Å². The van der Waals surface area contributed by atoms with Crippen LogP contribution >= 0.6 is 0 Å². The third-order valence-electron chi connectivity index (χ3n) is 3.29. The largest absolute Gasteiger partial charge is 0.634 e. The van der Waals surface area contributed by atoms with Crippen molar-refractivity contribution in [2.75, 3.05) is 0 Å². The van der Waals surface area contributed by atoms with Crippen molar-refractivity contribution in [3.63, 3.8) is 0 Å². The molecule has 1 aliphatic heterocycles. The molecule has 0 aromatic heterocycles. The molecule has 1 heterocycles. The lowest BCUT2D eigenvalue weighted by molar-refractivity contribution is -0.956. The van der Waals surface area contributed by atoms with Gasteiger partial charge in [-0.1, -0.05) is 0 Å². The Bertz CT molecular complexity index is 243. The highest BCUT2D eigenvalue weighted by Crippen LogP contribution is 2.30. The van der Waals surface area contributed by atoms with Gasteiger partial charge in [-0.05, 0) is 33.6 Å². The fourth-order valence-electron chi connectivity index (χ4n) is 3.01. The number of aliphatic carboxylic acids is 1. The number of rotatable bonds is 2. The number of carboxylic acid groups (broad SMARTS) is 1. The molecule has 0 amide bonds. The van der Waals surface area contributed by atoms with Crippen LogP contribution in [0.4, 0.5) is 0 Å². The Balaban J connectivity index is 2.79. The van der Waals surface area contributed by atoms with Gasteiger partial charge in [0.1, 0.15) is 0 Å². The summed E-state index contributed by atoms with van der Waals surface area (Å²) in [7, 11) is 0. The second kappa shape index (κ2) is 3.76. The first-order chi connectivity index (χ1) is 6.65. The number of hydrogen-bond acceptors (Lipinski definition) is 2. The topological polar surface area (TPSA) is 64.8 Å². The van der Waals surface area contributed by atoms with Gasteiger partial charge in [-0.15, -0.1) is 0 Å². The summed E-state index contributed by atoms with van der Waals surface area (Å²) in [6.07, 6.45) is 1.57. The van der Waals surface area contributed by atoms with Gasteiger partial charge in [-0.2, -0.15) is 0 Å². The summed E-state index contributed by atoms with van der Waals surface area (Å²) in [6, 6.07) is 0. The van der Waals surface area contributed by atoms with E-state index in [4.69, 9.17) is 5.11 Å². The summed E-state index contributed by atoms with van der Waals surface area (Å²) >= 11 is 0. The lowest BCUT2D eigenvalue weighted by Gasteiger charge is -2.54. The van der Waals surface area contributed by atoms with Crippen LogP contribution in [0.5, 0.6) is 0 Å². The maximum Gasteiger partial charge on any atom is 0.303 e. The molecule has 0 unspecified atom stereocenters. The molecular weight excluding hydrogens is 194 g/mol. The number of quaternary nitrogens is 1. The van der Waals surface area contributed by atoms with Gasteiger partial charge in [-0.3, -0.25) is 4.79 Å². The minimum atomic E-state index is -0.763. The second-order valence-corrected chi connectivity index (χ2v) is 5.97. The third-order valence-corrected chi connectivity index (χ3v) is 3.29. The van der Waals surface area contributed by atoms with Crippen molar-refractivity contribution in [1.82, 2.24) is 0 Å². The first-order valence-electron chi connectivity index (χ1n) is 5.42. The van der Waals surface area contributed by atoms with Crippen molar-refractivity contribution in [3.8, 4) is 0 Å². The Labute approximate surface area is 90.8 Å². The summed E-state index contributed by atoms with van der Waals surface area (Å²) in [6.45, 7) is 7.69. The Morgan fingerprint density at radius 3 is 2.07 bits per heavy atom. The molecule has 0 aliphatic carbocycles. The minimum absolute atomic E-state index is 0.130. The van der Waals surface area contributed by atoms with Crippen molar-refractivity contribution >= 4 is 5.97 Å². The van der Waals surface area contributed by atoms with Crippen molar-refractivity contribution in [3.05, 3.63) is 5.21 Å². The monoisotopic (exact) mass is 215 g/mol. The molecule has 1 aliphatic rings. The van der Waals surface area contributed by atoms with Gasteiger partial charge in [0.15, 0.2) is 0 Å². The van der Waals surface area contributed by atoms with E-state index in [2.05, 4.69) is 0 Å². The smallest absolute Gasteiger partial charge is 0.303 e. The first-order valence-corrected chi connectivity index (χ1v) is 5.42. The average molecular weight is 215 g/mol. The lowest BCUT2D eigenvalue weighted by atomic mass is 9.74. The van der Waals surface area contributed by atoms with Gasteiger partial charge in [0, 0.05) is 19.3 Å². The lowest BCUT2D eigenvalue weighted by Crippen LogP contribution is -3.23. The maximum absolute atomic E-state index is 12.1. The van der Waals surface area contributed by atoms with Crippen molar-refractivity contribution < 1.29 is 15.0 Å². The molecule has 4 nitrogen and oxygen atoms in total. The van der Waals surface area contributed by atoms with Gasteiger partial charge in [0.05, 0.1) is 11.1 Å². The third kappa shape index (κ3) is 2.69. The zero-order valence-corrected chi connectivity index (χ0v) is 9.96. The van der Waals surface area contributed by atoms with E-state index in [1.165, 1.54) is 0 Å². The standard InChI is InChI=1S/C11H21NO3/c1-10(2)6-8(5-9(13)14)7-11(3,4)12(10)15/h8,12H,5-7H2,1-4H3,(H,13,14). The van der Waals surface area contributed by atoms with Gasteiger partial charge in [0.25, 0.3) is 0 Å². The molecule has 0 bridgehead atoms. The Kier molecular flexibility index (Phi) is 3.12. The van der Waals surface area contributed by atoms with Gasteiger partial charge < -0.3 is 15.4 Å². The molecule has 0 spiro atoms. The van der Waals surface area contributed by atoms with Crippen LogP contribution in [-0.2, 0) is 4.79 Å². The molecule has 88 valence electrons. The van der Waals surface area contributed by atoms with Crippen LogP contribution in [-0.4, -0.2) is 22.2 Å². The van der Waals surface area contributed by atoms with E-state index >= 15 is 0 Å². The van der Waals surface area contributed by atoms with Crippen LogP contribution in [0.2, 0.25) is 0 Å².